The molecule has 100 valence electrons. The van der Waals surface area contributed by atoms with E-state index >= 15 is 0 Å². The van der Waals surface area contributed by atoms with Crippen LogP contribution in [-0.2, 0) is 0 Å². The van der Waals surface area contributed by atoms with Gasteiger partial charge in [-0.15, -0.1) is 0 Å². The van der Waals surface area contributed by atoms with Gasteiger partial charge >= 0.3 is 0 Å². The van der Waals surface area contributed by atoms with E-state index in [1.807, 2.05) is 18.2 Å². The lowest BCUT2D eigenvalue weighted by Gasteiger charge is -2.14. The Kier molecular flexibility index (Phi) is 3.51. The molecule has 0 aliphatic heterocycles. The van der Waals surface area contributed by atoms with E-state index in [2.05, 4.69) is 20.9 Å². The molecule has 0 saturated heterocycles. The number of rotatable bonds is 2. The predicted molar refractivity (Wildman–Crippen MR) is 79.9 cm³/mol. The molecule has 0 saturated carbocycles. The first-order valence-electron chi connectivity index (χ1n) is 6.14. The van der Waals surface area contributed by atoms with Gasteiger partial charge < -0.3 is 5.11 Å². The van der Waals surface area contributed by atoms with Crippen molar-refractivity contribution >= 4 is 26.8 Å². The van der Waals surface area contributed by atoms with Gasteiger partial charge in [-0.05, 0) is 18.2 Å². The van der Waals surface area contributed by atoms with Crippen molar-refractivity contribution in [2.75, 3.05) is 0 Å². The summed E-state index contributed by atoms with van der Waals surface area (Å²) in [6.45, 7) is 0. The van der Waals surface area contributed by atoms with Crippen LogP contribution >= 0.6 is 15.9 Å². The van der Waals surface area contributed by atoms with Gasteiger partial charge in [-0.3, -0.25) is 4.98 Å². The lowest BCUT2D eigenvalue weighted by atomic mass is 9.98. The lowest BCUT2D eigenvalue weighted by molar-refractivity contribution is 0.216. The minimum absolute atomic E-state index is 0.252. The molecule has 0 amide bonds. The van der Waals surface area contributed by atoms with Gasteiger partial charge in [0.05, 0.1) is 5.52 Å². The summed E-state index contributed by atoms with van der Waals surface area (Å²) in [7, 11) is 0. The zero-order chi connectivity index (χ0) is 14.1. The number of nitrogens with zero attached hydrogens (tertiary/aromatic N) is 1. The third kappa shape index (κ3) is 2.21. The number of halogens is 2. The number of pyridine rings is 1. The standard InChI is InChI=1S/C16H11BrFNO/c17-13-8-7-12(15-10(13)5-3-9-19-15)16(20)11-4-1-2-6-14(11)18/h1-9,16,20H. The van der Waals surface area contributed by atoms with Crippen LogP contribution in [-0.4, -0.2) is 10.1 Å². The van der Waals surface area contributed by atoms with Crippen molar-refractivity contribution < 1.29 is 9.50 Å². The molecule has 1 N–H and O–H groups in total. The van der Waals surface area contributed by atoms with Gasteiger partial charge in [-0.1, -0.05) is 46.3 Å². The molecule has 0 spiro atoms. The third-order valence-corrected chi connectivity index (χ3v) is 3.93. The molecule has 1 unspecified atom stereocenters. The first-order valence-corrected chi connectivity index (χ1v) is 6.93. The molecule has 3 rings (SSSR count). The summed E-state index contributed by atoms with van der Waals surface area (Å²) in [6.07, 6.45) is 0.619. The average molecular weight is 332 g/mol. The van der Waals surface area contributed by atoms with Crippen molar-refractivity contribution in [1.29, 1.82) is 0 Å². The van der Waals surface area contributed by atoms with Crippen molar-refractivity contribution in [3.63, 3.8) is 0 Å². The number of aliphatic hydroxyl groups excluding tert-OH is 1. The topological polar surface area (TPSA) is 33.1 Å². The van der Waals surface area contributed by atoms with Crippen molar-refractivity contribution in [2.45, 2.75) is 6.10 Å². The van der Waals surface area contributed by atoms with Crippen LogP contribution in [0, 0.1) is 5.82 Å². The van der Waals surface area contributed by atoms with Crippen molar-refractivity contribution in [1.82, 2.24) is 4.98 Å². The van der Waals surface area contributed by atoms with Gasteiger partial charge in [0.15, 0.2) is 0 Å². The molecule has 4 heteroatoms. The molecular formula is C16H11BrFNO. The van der Waals surface area contributed by atoms with E-state index < -0.39 is 11.9 Å². The Bertz CT molecular complexity index is 775. The maximum atomic E-state index is 13.8. The molecule has 0 radical (unpaired) electrons. The first kappa shape index (κ1) is 13.2. The molecule has 1 aromatic heterocycles. The smallest absolute Gasteiger partial charge is 0.129 e. The summed E-state index contributed by atoms with van der Waals surface area (Å²) in [5, 5.41) is 11.4. The molecule has 1 heterocycles. The van der Waals surface area contributed by atoms with Gasteiger partial charge in [0.25, 0.3) is 0 Å². The van der Waals surface area contributed by atoms with Crippen LogP contribution in [0.4, 0.5) is 4.39 Å². The second-order valence-corrected chi connectivity index (χ2v) is 5.31. The van der Waals surface area contributed by atoms with Gasteiger partial charge in [0.2, 0.25) is 0 Å². The zero-order valence-electron chi connectivity index (χ0n) is 10.4. The minimum atomic E-state index is -1.04. The monoisotopic (exact) mass is 331 g/mol. The molecule has 0 aliphatic carbocycles. The van der Waals surface area contributed by atoms with Gasteiger partial charge in [-0.2, -0.15) is 0 Å². The van der Waals surface area contributed by atoms with E-state index in [0.717, 1.165) is 9.86 Å². The fourth-order valence-electron chi connectivity index (χ4n) is 2.24. The van der Waals surface area contributed by atoms with E-state index in [1.54, 1.807) is 30.5 Å². The van der Waals surface area contributed by atoms with Crippen LogP contribution in [0.3, 0.4) is 0 Å². The number of fused-ring (bicyclic) bond motifs is 1. The molecular weight excluding hydrogens is 321 g/mol. The Balaban J connectivity index is 2.20. The Labute approximate surface area is 124 Å². The van der Waals surface area contributed by atoms with Crippen LogP contribution in [0.25, 0.3) is 10.9 Å². The maximum Gasteiger partial charge on any atom is 0.129 e. The van der Waals surface area contributed by atoms with E-state index in [9.17, 15) is 9.50 Å². The minimum Gasteiger partial charge on any atom is -0.383 e. The molecule has 1 atom stereocenters. The van der Waals surface area contributed by atoms with E-state index in [-0.39, 0.29) is 5.56 Å². The molecule has 0 fully saturated rings. The SMILES string of the molecule is OC(c1ccccc1F)c1ccc(Br)c2cccnc12. The summed E-state index contributed by atoms with van der Waals surface area (Å²) < 4.78 is 14.7. The molecule has 0 bridgehead atoms. The summed E-state index contributed by atoms with van der Waals surface area (Å²) in [5.41, 5.74) is 1.51. The van der Waals surface area contributed by atoms with Gasteiger partial charge in [-0.25, -0.2) is 4.39 Å². The van der Waals surface area contributed by atoms with Crippen LogP contribution < -0.4 is 0 Å². The van der Waals surface area contributed by atoms with Gasteiger partial charge in [0.1, 0.15) is 11.9 Å². The summed E-state index contributed by atoms with van der Waals surface area (Å²) in [5.74, 6) is -0.424. The highest BCUT2D eigenvalue weighted by molar-refractivity contribution is 9.10. The van der Waals surface area contributed by atoms with Crippen molar-refractivity contribution in [3.05, 3.63) is 76.1 Å². The van der Waals surface area contributed by atoms with Crippen LogP contribution in [0.15, 0.2) is 59.2 Å². The number of hydrogen-bond acceptors (Lipinski definition) is 2. The number of aromatic nitrogens is 1. The average Bonchev–Trinajstić information content (AvgIpc) is 2.48. The predicted octanol–water partition coefficient (Wildman–Crippen LogP) is 4.22. The molecule has 3 aromatic rings. The quantitative estimate of drug-likeness (QED) is 0.762. The Hall–Kier alpha value is -1.78. The van der Waals surface area contributed by atoms with Crippen LogP contribution in [0.2, 0.25) is 0 Å². The number of hydrogen-bond donors (Lipinski definition) is 1. The largest absolute Gasteiger partial charge is 0.383 e. The fourth-order valence-corrected chi connectivity index (χ4v) is 2.70. The van der Waals surface area contributed by atoms with Gasteiger partial charge in [0, 0.05) is 27.2 Å². The van der Waals surface area contributed by atoms with E-state index in [4.69, 9.17) is 0 Å². The Morgan fingerprint density at radius 1 is 1.00 bits per heavy atom. The lowest BCUT2D eigenvalue weighted by Crippen LogP contribution is -2.04. The van der Waals surface area contributed by atoms with Crippen LogP contribution in [0.1, 0.15) is 17.2 Å². The highest BCUT2D eigenvalue weighted by Gasteiger charge is 2.18. The summed E-state index contributed by atoms with van der Waals surface area (Å²) in [6, 6.07) is 13.6. The maximum absolute atomic E-state index is 13.8. The molecule has 2 aromatic carbocycles. The van der Waals surface area contributed by atoms with Crippen molar-refractivity contribution in [2.24, 2.45) is 0 Å². The highest BCUT2D eigenvalue weighted by Crippen LogP contribution is 2.32. The number of aliphatic hydroxyl groups is 1. The van der Waals surface area contributed by atoms with Crippen molar-refractivity contribution in [3.8, 4) is 0 Å². The Morgan fingerprint density at radius 3 is 2.60 bits per heavy atom. The fraction of sp³-hybridized carbons (Fsp3) is 0.0625. The molecule has 2 nitrogen and oxygen atoms in total. The second kappa shape index (κ2) is 5.31. The molecule has 20 heavy (non-hydrogen) atoms. The van der Waals surface area contributed by atoms with E-state index in [1.165, 1.54) is 6.07 Å². The van der Waals surface area contributed by atoms with Crippen LogP contribution in [0.5, 0.6) is 0 Å². The highest BCUT2D eigenvalue weighted by atomic mass is 79.9. The normalized spacial score (nSPS) is 12.6. The third-order valence-electron chi connectivity index (χ3n) is 3.24. The summed E-state index contributed by atoms with van der Waals surface area (Å²) >= 11 is 3.46. The van der Waals surface area contributed by atoms with E-state index in [0.29, 0.717) is 11.1 Å². The molecule has 0 aliphatic rings. The zero-order valence-corrected chi connectivity index (χ0v) is 12.0. The second-order valence-electron chi connectivity index (χ2n) is 4.46. The summed E-state index contributed by atoms with van der Waals surface area (Å²) in [4.78, 5) is 4.31. The first-order chi connectivity index (χ1) is 9.68. The Morgan fingerprint density at radius 2 is 1.80 bits per heavy atom. The number of benzene rings is 2.